The van der Waals surface area contributed by atoms with E-state index in [1.54, 1.807) is 32.4 Å². The molecule has 104 valence electrons. The number of methoxy groups -OCH3 is 2. The number of nitrogens with one attached hydrogen (secondary N) is 1. The van der Waals surface area contributed by atoms with Gasteiger partial charge in [0.1, 0.15) is 6.10 Å². The number of amides is 1. The van der Waals surface area contributed by atoms with E-state index in [-0.39, 0.29) is 12.0 Å². The number of anilines is 1. The molecule has 1 heterocycles. The van der Waals surface area contributed by atoms with Gasteiger partial charge in [0.2, 0.25) is 0 Å². The molecule has 1 amide bonds. The van der Waals surface area contributed by atoms with E-state index in [4.69, 9.17) is 14.2 Å². The van der Waals surface area contributed by atoms with Crippen molar-refractivity contribution in [1.82, 2.24) is 0 Å². The number of rotatable bonds is 4. The van der Waals surface area contributed by atoms with E-state index in [1.165, 1.54) is 0 Å². The predicted molar refractivity (Wildman–Crippen MR) is 71.8 cm³/mol. The van der Waals surface area contributed by atoms with Gasteiger partial charge in [-0.1, -0.05) is 0 Å². The van der Waals surface area contributed by atoms with Gasteiger partial charge in [-0.15, -0.1) is 0 Å². The van der Waals surface area contributed by atoms with Crippen molar-refractivity contribution in [2.45, 2.75) is 25.4 Å². The molecule has 1 N–H and O–H groups in total. The Morgan fingerprint density at radius 1 is 1.26 bits per heavy atom. The minimum Gasteiger partial charge on any atom is -0.493 e. The largest absolute Gasteiger partial charge is 0.493 e. The van der Waals surface area contributed by atoms with E-state index in [2.05, 4.69) is 5.32 Å². The fraction of sp³-hybridized carbons (Fsp3) is 0.500. The van der Waals surface area contributed by atoms with Crippen molar-refractivity contribution < 1.29 is 19.0 Å². The van der Waals surface area contributed by atoms with Gasteiger partial charge in [-0.25, -0.2) is 0 Å². The third-order valence-electron chi connectivity index (χ3n) is 3.12. The summed E-state index contributed by atoms with van der Waals surface area (Å²) < 4.78 is 15.8. The first kappa shape index (κ1) is 13.7. The van der Waals surface area contributed by atoms with Crippen molar-refractivity contribution in [2.75, 3.05) is 26.1 Å². The SMILES string of the molecule is COc1ccc(NC(=O)C2CCCCO2)cc1OC. The van der Waals surface area contributed by atoms with Gasteiger partial charge >= 0.3 is 0 Å². The molecule has 19 heavy (non-hydrogen) atoms. The van der Waals surface area contributed by atoms with Gasteiger partial charge in [0, 0.05) is 18.4 Å². The van der Waals surface area contributed by atoms with Crippen molar-refractivity contribution in [2.24, 2.45) is 0 Å². The van der Waals surface area contributed by atoms with Crippen LogP contribution in [0.5, 0.6) is 11.5 Å². The Labute approximate surface area is 112 Å². The zero-order valence-electron chi connectivity index (χ0n) is 11.3. The Kier molecular flexibility index (Phi) is 4.63. The molecule has 1 aromatic rings. The summed E-state index contributed by atoms with van der Waals surface area (Å²) in [5.41, 5.74) is 0.678. The number of carbonyl (C=O) groups is 1. The van der Waals surface area contributed by atoms with E-state index in [1.807, 2.05) is 0 Å². The van der Waals surface area contributed by atoms with Crippen molar-refractivity contribution in [1.29, 1.82) is 0 Å². The third-order valence-corrected chi connectivity index (χ3v) is 3.12. The van der Waals surface area contributed by atoms with E-state index in [9.17, 15) is 4.79 Å². The molecule has 0 radical (unpaired) electrons. The molecule has 0 saturated carbocycles. The van der Waals surface area contributed by atoms with Gasteiger partial charge in [0.25, 0.3) is 5.91 Å². The molecule has 1 unspecified atom stereocenters. The molecule has 0 spiro atoms. The highest BCUT2D eigenvalue weighted by Gasteiger charge is 2.22. The smallest absolute Gasteiger partial charge is 0.253 e. The summed E-state index contributed by atoms with van der Waals surface area (Å²) in [6.07, 6.45) is 2.49. The average Bonchev–Trinajstić information content (AvgIpc) is 2.48. The lowest BCUT2D eigenvalue weighted by Gasteiger charge is -2.21. The first-order valence-corrected chi connectivity index (χ1v) is 6.39. The highest BCUT2D eigenvalue weighted by molar-refractivity contribution is 5.94. The first-order valence-electron chi connectivity index (χ1n) is 6.39. The van der Waals surface area contributed by atoms with Crippen LogP contribution in [-0.2, 0) is 9.53 Å². The van der Waals surface area contributed by atoms with Gasteiger partial charge in [0.05, 0.1) is 14.2 Å². The Balaban J connectivity index is 2.03. The van der Waals surface area contributed by atoms with E-state index in [0.717, 1.165) is 19.3 Å². The van der Waals surface area contributed by atoms with Gasteiger partial charge in [-0.2, -0.15) is 0 Å². The van der Waals surface area contributed by atoms with Gasteiger partial charge in [-0.3, -0.25) is 4.79 Å². The van der Waals surface area contributed by atoms with Crippen LogP contribution in [0.2, 0.25) is 0 Å². The Morgan fingerprint density at radius 2 is 2.05 bits per heavy atom. The topological polar surface area (TPSA) is 56.8 Å². The second-order valence-electron chi connectivity index (χ2n) is 4.41. The fourth-order valence-corrected chi connectivity index (χ4v) is 2.08. The number of benzene rings is 1. The van der Waals surface area contributed by atoms with Crippen LogP contribution in [0.25, 0.3) is 0 Å². The van der Waals surface area contributed by atoms with Crippen molar-refractivity contribution in [3.63, 3.8) is 0 Å². The molecular weight excluding hydrogens is 246 g/mol. The highest BCUT2D eigenvalue weighted by Crippen LogP contribution is 2.30. The van der Waals surface area contributed by atoms with Gasteiger partial charge in [-0.05, 0) is 31.4 Å². The molecule has 1 aliphatic heterocycles. The number of hydrogen-bond acceptors (Lipinski definition) is 4. The first-order chi connectivity index (χ1) is 9.24. The van der Waals surface area contributed by atoms with Crippen LogP contribution in [0, 0.1) is 0 Å². The molecule has 0 bridgehead atoms. The maximum atomic E-state index is 12.0. The summed E-state index contributed by atoms with van der Waals surface area (Å²) in [6.45, 7) is 0.657. The monoisotopic (exact) mass is 265 g/mol. The minimum absolute atomic E-state index is 0.105. The van der Waals surface area contributed by atoms with Crippen LogP contribution in [0.15, 0.2) is 18.2 Å². The van der Waals surface area contributed by atoms with Crippen molar-refractivity contribution in [3.05, 3.63) is 18.2 Å². The normalized spacial score (nSPS) is 18.7. The summed E-state index contributed by atoms with van der Waals surface area (Å²) in [5, 5.41) is 2.84. The third kappa shape index (κ3) is 3.38. The van der Waals surface area contributed by atoms with Crippen LogP contribution < -0.4 is 14.8 Å². The van der Waals surface area contributed by atoms with Gasteiger partial charge < -0.3 is 19.5 Å². The number of hydrogen-bond donors (Lipinski definition) is 1. The fourth-order valence-electron chi connectivity index (χ4n) is 2.08. The Bertz CT molecular complexity index is 441. The van der Waals surface area contributed by atoms with Gasteiger partial charge in [0.15, 0.2) is 11.5 Å². The van der Waals surface area contributed by atoms with Crippen LogP contribution in [-0.4, -0.2) is 32.8 Å². The predicted octanol–water partition coefficient (Wildman–Crippen LogP) is 2.21. The molecule has 1 fully saturated rings. The van der Waals surface area contributed by atoms with Crippen LogP contribution >= 0.6 is 0 Å². The maximum absolute atomic E-state index is 12.0. The quantitative estimate of drug-likeness (QED) is 0.906. The lowest BCUT2D eigenvalue weighted by atomic mass is 10.1. The molecule has 5 heteroatoms. The molecule has 1 saturated heterocycles. The molecular formula is C14H19NO4. The molecule has 0 aliphatic carbocycles. The maximum Gasteiger partial charge on any atom is 0.253 e. The summed E-state index contributed by atoms with van der Waals surface area (Å²) in [5.74, 6) is 1.12. The summed E-state index contributed by atoms with van der Waals surface area (Å²) in [6, 6.07) is 5.28. The number of ether oxygens (including phenoxy) is 3. The zero-order chi connectivity index (χ0) is 13.7. The summed E-state index contributed by atoms with van der Waals surface area (Å²) >= 11 is 0. The molecule has 1 aromatic carbocycles. The Hall–Kier alpha value is -1.75. The molecule has 5 nitrogen and oxygen atoms in total. The second-order valence-corrected chi connectivity index (χ2v) is 4.41. The highest BCUT2D eigenvalue weighted by atomic mass is 16.5. The van der Waals surface area contributed by atoms with E-state index in [0.29, 0.717) is 23.8 Å². The molecule has 2 rings (SSSR count). The molecule has 0 aromatic heterocycles. The Morgan fingerprint density at radius 3 is 2.68 bits per heavy atom. The molecule has 1 atom stereocenters. The summed E-state index contributed by atoms with van der Waals surface area (Å²) in [7, 11) is 3.14. The lowest BCUT2D eigenvalue weighted by molar-refractivity contribution is -0.129. The minimum atomic E-state index is -0.346. The van der Waals surface area contributed by atoms with Crippen LogP contribution in [0.3, 0.4) is 0 Å². The standard InChI is InChI=1S/C14H19NO4/c1-17-11-7-6-10(9-13(11)18-2)15-14(16)12-5-3-4-8-19-12/h6-7,9,12H,3-5,8H2,1-2H3,(H,15,16). The van der Waals surface area contributed by atoms with E-state index >= 15 is 0 Å². The van der Waals surface area contributed by atoms with E-state index < -0.39 is 0 Å². The average molecular weight is 265 g/mol. The van der Waals surface area contributed by atoms with Crippen molar-refractivity contribution >= 4 is 11.6 Å². The van der Waals surface area contributed by atoms with Crippen LogP contribution in [0.4, 0.5) is 5.69 Å². The lowest BCUT2D eigenvalue weighted by Crippen LogP contribution is -2.33. The number of carbonyl (C=O) groups excluding carboxylic acids is 1. The molecule has 1 aliphatic rings. The van der Waals surface area contributed by atoms with Crippen molar-refractivity contribution in [3.8, 4) is 11.5 Å². The van der Waals surface area contributed by atoms with Crippen LogP contribution in [0.1, 0.15) is 19.3 Å². The second kappa shape index (κ2) is 6.43. The summed E-state index contributed by atoms with van der Waals surface area (Å²) in [4.78, 5) is 12.0. The zero-order valence-corrected chi connectivity index (χ0v) is 11.3.